The number of benzene rings is 1. The van der Waals surface area contributed by atoms with Gasteiger partial charge in [-0.1, -0.05) is 26.0 Å². The van der Waals surface area contributed by atoms with Gasteiger partial charge in [-0.2, -0.15) is 5.10 Å². The maximum atomic E-state index is 5.15. The number of aromatic nitrogens is 2. The topological polar surface area (TPSA) is 39.1 Å². The zero-order valence-corrected chi connectivity index (χ0v) is 13.2. The van der Waals surface area contributed by atoms with E-state index in [9.17, 15) is 0 Å². The van der Waals surface area contributed by atoms with Crippen molar-refractivity contribution < 1.29 is 4.74 Å². The first-order chi connectivity index (χ1) is 10.1. The Morgan fingerprint density at radius 3 is 2.62 bits per heavy atom. The average Bonchev–Trinajstić information content (AvgIpc) is 3.00. The molecule has 0 unspecified atom stereocenters. The van der Waals surface area contributed by atoms with Crippen molar-refractivity contribution in [3.05, 3.63) is 48.3 Å². The van der Waals surface area contributed by atoms with E-state index < -0.39 is 0 Å². The van der Waals surface area contributed by atoms with Gasteiger partial charge in [0.05, 0.1) is 5.69 Å². The quantitative estimate of drug-likeness (QED) is 0.811. The molecule has 0 amide bonds. The molecular weight excluding hydrogens is 262 g/mol. The van der Waals surface area contributed by atoms with Gasteiger partial charge in [0.1, 0.15) is 0 Å². The van der Waals surface area contributed by atoms with Gasteiger partial charge in [-0.05, 0) is 35.6 Å². The van der Waals surface area contributed by atoms with Crippen LogP contribution in [0.5, 0.6) is 0 Å². The third-order valence-electron chi connectivity index (χ3n) is 3.62. The summed E-state index contributed by atoms with van der Waals surface area (Å²) in [5.74, 6) is 0. The molecule has 1 heterocycles. The van der Waals surface area contributed by atoms with Gasteiger partial charge in [0.2, 0.25) is 0 Å². The lowest BCUT2D eigenvalue weighted by molar-refractivity contribution is 0.150. The highest BCUT2D eigenvalue weighted by atomic mass is 16.5. The Morgan fingerprint density at radius 1 is 1.24 bits per heavy atom. The molecule has 1 aromatic carbocycles. The third-order valence-corrected chi connectivity index (χ3v) is 3.62. The fourth-order valence-corrected chi connectivity index (χ4v) is 2.20. The fraction of sp³-hybridized carbons (Fsp3) is 0.471. The summed E-state index contributed by atoms with van der Waals surface area (Å²) in [4.78, 5) is 0. The standard InChI is InChI=1S/C17H25N3O/c1-17(2,9-12-21-3)14-18-13-15-5-7-16(8-6-15)20-11-4-10-19-20/h4-8,10-11,18H,9,12-14H2,1-3H3. The fourth-order valence-electron chi connectivity index (χ4n) is 2.20. The van der Waals surface area contributed by atoms with Crippen LogP contribution in [0.15, 0.2) is 42.7 Å². The van der Waals surface area contributed by atoms with Gasteiger partial charge in [-0.25, -0.2) is 4.68 Å². The van der Waals surface area contributed by atoms with E-state index in [4.69, 9.17) is 4.74 Å². The lowest BCUT2D eigenvalue weighted by Gasteiger charge is -2.24. The summed E-state index contributed by atoms with van der Waals surface area (Å²) in [6.07, 6.45) is 4.80. The van der Waals surface area contributed by atoms with Crippen molar-refractivity contribution in [1.29, 1.82) is 0 Å². The molecule has 0 spiro atoms. The number of ether oxygens (including phenoxy) is 1. The normalized spacial score (nSPS) is 11.8. The summed E-state index contributed by atoms with van der Waals surface area (Å²) < 4.78 is 7.02. The van der Waals surface area contributed by atoms with Crippen molar-refractivity contribution in [1.82, 2.24) is 15.1 Å². The number of hydrogen-bond acceptors (Lipinski definition) is 3. The predicted molar refractivity (Wildman–Crippen MR) is 85.5 cm³/mol. The predicted octanol–water partition coefficient (Wildman–Crippen LogP) is 3.02. The van der Waals surface area contributed by atoms with Crippen molar-refractivity contribution in [3.63, 3.8) is 0 Å². The molecule has 4 nitrogen and oxygen atoms in total. The summed E-state index contributed by atoms with van der Waals surface area (Å²) in [7, 11) is 1.75. The van der Waals surface area contributed by atoms with E-state index in [1.165, 1.54) is 5.56 Å². The van der Waals surface area contributed by atoms with Crippen LogP contribution in [0.3, 0.4) is 0 Å². The number of hydrogen-bond donors (Lipinski definition) is 1. The second-order valence-corrected chi connectivity index (χ2v) is 6.13. The van der Waals surface area contributed by atoms with Crippen LogP contribution >= 0.6 is 0 Å². The number of nitrogens with one attached hydrogen (secondary N) is 1. The highest BCUT2D eigenvalue weighted by Crippen LogP contribution is 2.19. The largest absolute Gasteiger partial charge is 0.385 e. The minimum atomic E-state index is 0.255. The highest BCUT2D eigenvalue weighted by Gasteiger charge is 2.16. The Kier molecular flexibility index (Phi) is 5.53. The van der Waals surface area contributed by atoms with Crippen LogP contribution in [0.4, 0.5) is 0 Å². The zero-order chi connectivity index (χ0) is 15.1. The Bertz CT molecular complexity index is 517. The monoisotopic (exact) mass is 287 g/mol. The van der Waals surface area contributed by atoms with E-state index in [0.717, 1.165) is 31.8 Å². The maximum absolute atomic E-state index is 5.15. The molecule has 4 heteroatoms. The van der Waals surface area contributed by atoms with Crippen molar-refractivity contribution in [2.75, 3.05) is 20.3 Å². The molecule has 1 aromatic heterocycles. The Balaban J connectivity index is 1.81. The molecule has 0 bridgehead atoms. The molecule has 0 aliphatic heterocycles. The molecule has 0 fully saturated rings. The van der Waals surface area contributed by atoms with Crippen LogP contribution in [0.1, 0.15) is 25.8 Å². The molecule has 21 heavy (non-hydrogen) atoms. The van der Waals surface area contributed by atoms with Gasteiger partial charge in [0, 0.05) is 39.2 Å². The Morgan fingerprint density at radius 2 is 2.00 bits per heavy atom. The van der Waals surface area contributed by atoms with Crippen LogP contribution in [0, 0.1) is 5.41 Å². The van der Waals surface area contributed by atoms with E-state index in [0.29, 0.717) is 0 Å². The van der Waals surface area contributed by atoms with Crippen LogP contribution in [0.25, 0.3) is 5.69 Å². The highest BCUT2D eigenvalue weighted by molar-refractivity contribution is 5.33. The molecule has 0 saturated carbocycles. The third kappa shape index (κ3) is 4.99. The smallest absolute Gasteiger partial charge is 0.0645 e. The van der Waals surface area contributed by atoms with Gasteiger partial charge in [0.15, 0.2) is 0 Å². The molecule has 0 aliphatic rings. The summed E-state index contributed by atoms with van der Waals surface area (Å²) >= 11 is 0. The molecule has 0 radical (unpaired) electrons. The Hall–Kier alpha value is -1.65. The maximum Gasteiger partial charge on any atom is 0.0645 e. The van der Waals surface area contributed by atoms with E-state index >= 15 is 0 Å². The van der Waals surface area contributed by atoms with Crippen LogP contribution < -0.4 is 5.32 Å². The lowest BCUT2D eigenvalue weighted by Crippen LogP contribution is -2.30. The van der Waals surface area contributed by atoms with Crippen molar-refractivity contribution in [2.24, 2.45) is 5.41 Å². The van der Waals surface area contributed by atoms with E-state index in [2.05, 4.69) is 48.5 Å². The average molecular weight is 287 g/mol. The minimum Gasteiger partial charge on any atom is -0.385 e. The molecule has 0 atom stereocenters. The van der Waals surface area contributed by atoms with E-state index in [1.54, 1.807) is 13.3 Å². The zero-order valence-electron chi connectivity index (χ0n) is 13.2. The molecule has 0 saturated heterocycles. The lowest BCUT2D eigenvalue weighted by atomic mass is 9.89. The van der Waals surface area contributed by atoms with Gasteiger partial charge in [0.25, 0.3) is 0 Å². The first-order valence-electron chi connectivity index (χ1n) is 7.39. The van der Waals surface area contributed by atoms with Gasteiger partial charge >= 0.3 is 0 Å². The molecule has 2 aromatic rings. The number of methoxy groups -OCH3 is 1. The Labute approximate surface area is 127 Å². The summed E-state index contributed by atoms with van der Waals surface area (Å²) in [5, 5.41) is 7.76. The van der Waals surface area contributed by atoms with Crippen molar-refractivity contribution in [3.8, 4) is 5.69 Å². The van der Waals surface area contributed by atoms with Gasteiger partial charge < -0.3 is 10.1 Å². The second kappa shape index (κ2) is 7.38. The van der Waals surface area contributed by atoms with Gasteiger partial charge in [-0.15, -0.1) is 0 Å². The van der Waals surface area contributed by atoms with E-state index in [1.807, 2.05) is 16.9 Å². The second-order valence-electron chi connectivity index (χ2n) is 6.13. The van der Waals surface area contributed by atoms with Crippen molar-refractivity contribution >= 4 is 0 Å². The molecule has 2 rings (SSSR count). The van der Waals surface area contributed by atoms with Crippen LogP contribution in [-0.4, -0.2) is 30.0 Å². The summed E-state index contributed by atoms with van der Waals surface area (Å²) in [5.41, 5.74) is 2.63. The molecule has 0 aliphatic carbocycles. The number of nitrogens with zero attached hydrogens (tertiary/aromatic N) is 2. The molecular formula is C17H25N3O. The molecule has 1 N–H and O–H groups in total. The minimum absolute atomic E-state index is 0.255. The van der Waals surface area contributed by atoms with E-state index in [-0.39, 0.29) is 5.41 Å². The van der Waals surface area contributed by atoms with Crippen LogP contribution in [-0.2, 0) is 11.3 Å². The van der Waals surface area contributed by atoms with Gasteiger partial charge in [-0.3, -0.25) is 0 Å². The van der Waals surface area contributed by atoms with Crippen molar-refractivity contribution in [2.45, 2.75) is 26.8 Å². The summed E-state index contributed by atoms with van der Waals surface area (Å²) in [6, 6.07) is 10.4. The first-order valence-corrected chi connectivity index (χ1v) is 7.39. The first kappa shape index (κ1) is 15.7. The number of rotatable bonds is 8. The summed E-state index contributed by atoms with van der Waals surface area (Å²) in [6.45, 7) is 7.21. The molecule has 114 valence electrons. The SMILES string of the molecule is COCCC(C)(C)CNCc1ccc(-n2cccn2)cc1. The van der Waals surface area contributed by atoms with Crippen LogP contribution in [0.2, 0.25) is 0 Å².